The van der Waals surface area contributed by atoms with Crippen LogP contribution in [0, 0.1) is 0 Å². The molecule has 0 bridgehead atoms. The van der Waals surface area contributed by atoms with Gasteiger partial charge in [-0.05, 0) is 63.6 Å². The number of rotatable bonds is 12. The van der Waals surface area contributed by atoms with Gasteiger partial charge in [-0.25, -0.2) is 0 Å². The van der Waals surface area contributed by atoms with Gasteiger partial charge in [0.2, 0.25) is 0 Å². The molecule has 2 aliphatic heterocycles. The largest absolute Gasteiger partial charge is 0.494 e. The Kier molecular flexibility index (Phi) is 13.4. The van der Waals surface area contributed by atoms with Gasteiger partial charge in [-0.15, -0.1) is 24.0 Å². The van der Waals surface area contributed by atoms with Gasteiger partial charge in [0.25, 0.3) is 0 Å². The fourth-order valence-electron chi connectivity index (χ4n) is 4.32. The topological polar surface area (TPSA) is 73.3 Å². The molecule has 1 aromatic rings. The van der Waals surface area contributed by atoms with Crippen LogP contribution in [0.4, 0.5) is 0 Å². The van der Waals surface area contributed by atoms with Crippen molar-refractivity contribution >= 4 is 29.9 Å². The first-order valence-electron chi connectivity index (χ1n) is 12.3. The summed E-state index contributed by atoms with van der Waals surface area (Å²) in [5.41, 5.74) is 1.31. The summed E-state index contributed by atoms with van der Waals surface area (Å²) in [5.74, 6) is 1.78. The van der Waals surface area contributed by atoms with Crippen molar-refractivity contribution < 1.29 is 18.9 Å². The third-order valence-corrected chi connectivity index (χ3v) is 6.20. The smallest absolute Gasteiger partial charge is 0.191 e. The maximum atomic E-state index is 5.77. The highest BCUT2D eigenvalue weighted by Gasteiger charge is 2.34. The lowest BCUT2D eigenvalue weighted by Gasteiger charge is -2.36. The number of halogens is 1. The molecule has 0 amide bonds. The molecule has 8 heteroatoms. The molecule has 2 N–H and O–H groups in total. The molecule has 1 aromatic carbocycles. The minimum atomic E-state index is -0.00423. The standard InChI is InChI=1S/C25H41N3O4.HI/c1-3-26-24(27-14-6-15-30-19-23-7-5-16-32-23)28-20-25(12-17-29-18-13-25)21-8-10-22(11-9-21)31-4-2;/h8-11,23H,3-7,12-20H2,1-2H3,(H2,26,27,28);1H. The fraction of sp³-hybridized carbons (Fsp3) is 0.720. The molecule has 2 aliphatic rings. The molecule has 3 rings (SSSR count). The van der Waals surface area contributed by atoms with Gasteiger partial charge in [0.05, 0.1) is 25.9 Å². The van der Waals surface area contributed by atoms with Gasteiger partial charge in [-0.1, -0.05) is 12.1 Å². The van der Waals surface area contributed by atoms with Crippen LogP contribution < -0.4 is 15.4 Å². The van der Waals surface area contributed by atoms with Crippen LogP contribution in [0.3, 0.4) is 0 Å². The van der Waals surface area contributed by atoms with Crippen molar-refractivity contribution in [2.45, 2.75) is 57.5 Å². The summed E-state index contributed by atoms with van der Waals surface area (Å²) in [4.78, 5) is 4.97. The zero-order valence-corrected chi connectivity index (χ0v) is 22.6. The van der Waals surface area contributed by atoms with Gasteiger partial charge in [0.1, 0.15) is 5.75 Å². The molecule has 2 heterocycles. The fourth-order valence-corrected chi connectivity index (χ4v) is 4.32. The molecule has 0 saturated carbocycles. The maximum absolute atomic E-state index is 5.77. The molecule has 188 valence electrons. The second-order valence-electron chi connectivity index (χ2n) is 8.54. The van der Waals surface area contributed by atoms with Crippen LogP contribution in [0.2, 0.25) is 0 Å². The number of guanidine groups is 1. The Morgan fingerprint density at radius 2 is 1.91 bits per heavy atom. The molecule has 1 unspecified atom stereocenters. The molecule has 0 radical (unpaired) electrons. The van der Waals surface area contributed by atoms with Crippen LogP contribution >= 0.6 is 24.0 Å². The summed E-state index contributed by atoms with van der Waals surface area (Å²) in [6, 6.07) is 8.52. The van der Waals surface area contributed by atoms with Gasteiger partial charge in [-0.2, -0.15) is 0 Å². The van der Waals surface area contributed by atoms with E-state index in [9.17, 15) is 0 Å². The van der Waals surface area contributed by atoms with Gasteiger partial charge >= 0.3 is 0 Å². The van der Waals surface area contributed by atoms with Crippen LogP contribution in [0.15, 0.2) is 29.3 Å². The van der Waals surface area contributed by atoms with Gasteiger partial charge in [0, 0.05) is 44.9 Å². The Hall–Kier alpha value is -1.10. The van der Waals surface area contributed by atoms with Crippen molar-refractivity contribution in [3.05, 3.63) is 29.8 Å². The molecule has 0 spiro atoms. The van der Waals surface area contributed by atoms with E-state index in [0.29, 0.717) is 19.3 Å². The Balaban J connectivity index is 0.00000385. The number of ether oxygens (including phenoxy) is 4. The Morgan fingerprint density at radius 3 is 2.58 bits per heavy atom. The molecule has 0 aromatic heterocycles. The minimum absolute atomic E-state index is 0. The Labute approximate surface area is 216 Å². The van der Waals surface area contributed by atoms with E-state index < -0.39 is 0 Å². The monoisotopic (exact) mass is 575 g/mol. The van der Waals surface area contributed by atoms with Crippen LogP contribution in [0.1, 0.15) is 51.5 Å². The van der Waals surface area contributed by atoms with E-state index in [4.69, 9.17) is 23.9 Å². The second kappa shape index (κ2) is 15.7. The lowest BCUT2D eigenvalue weighted by Crippen LogP contribution is -2.41. The van der Waals surface area contributed by atoms with Gasteiger partial charge in [-0.3, -0.25) is 4.99 Å². The van der Waals surface area contributed by atoms with Crippen LogP contribution in [-0.4, -0.2) is 71.3 Å². The van der Waals surface area contributed by atoms with Gasteiger partial charge in [0.15, 0.2) is 5.96 Å². The number of nitrogens with zero attached hydrogens (tertiary/aromatic N) is 1. The van der Waals surface area contributed by atoms with Crippen LogP contribution in [0.25, 0.3) is 0 Å². The van der Waals surface area contributed by atoms with E-state index in [2.05, 4.69) is 41.8 Å². The van der Waals surface area contributed by atoms with Crippen molar-refractivity contribution in [2.75, 3.05) is 59.3 Å². The first-order valence-corrected chi connectivity index (χ1v) is 12.3. The van der Waals surface area contributed by atoms with Crippen molar-refractivity contribution in [1.82, 2.24) is 10.6 Å². The van der Waals surface area contributed by atoms with E-state index in [1.165, 1.54) is 5.56 Å². The summed E-state index contributed by atoms with van der Waals surface area (Å²) >= 11 is 0. The van der Waals surface area contributed by atoms with E-state index >= 15 is 0 Å². The molecular weight excluding hydrogens is 533 g/mol. The Morgan fingerprint density at radius 1 is 1.12 bits per heavy atom. The highest BCUT2D eigenvalue weighted by atomic mass is 127. The molecule has 2 fully saturated rings. The summed E-state index contributed by atoms with van der Waals surface area (Å²) < 4.78 is 22.7. The third-order valence-electron chi connectivity index (χ3n) is 6.20. The third kappa shape index (κ3) is 9.22. The Bertz CT molecular complexity index is 675. The average Bonchev–Trinajstić information content (AvgIpc) is 3.34. The second-order valence-corrected chi connectivity index (χ2v) is 8.54. The summed E-state index contributed by atoms with van der Waals surface area (Å²) in [6.45, 7) is 11.0. The van der Waals surface area contributed by atoms with Gasteiger partial charge < -0.3 is 29.6 Å². The van der Waals surface area contributed by atoms with Crippen LogP contribution in [-0.2, 0) is 19.6 Å². The predicted octanol–water partition coefficient (Wildman–Crippen LogP) is 3.89. The van der Waals surface area contributed by atoms with Crippen molar-refractivity contribution in [1.29, 1.82) is 0 Å². The normalized spacial score (nSPS) is 20.2. The first-order chi connectivity index (χ1) is 15.8. The van der Waals surface area contributed by atoms with E-state index in [1.54, 1.807) is 0 Å². The molecular formula is C25H42IN3O4. The van der Waals surface area contributed by atoms with E-state index in [1.807, 2.05) is 6.92 Å². The zero-order valence-electron chi connectivity index (χ0n) is 20.3. The lowest BCUT2D eigenvalue weighted by molar-refractivity contribution is 0.0168. The van der Waals surface area contributed by atoms with E-state index in [-0.39, 0.29) is 29.4 Å². The summed E-state index contributed by atoms with van der Waals surface area (Å²) in [7, 11) is 0. The summed E-state index contributed by atoms with van der Waals surface area (Å²) in [6.07, 6.45) is 5.45. The number of nitrogens with one attached hydrogen (secondary N) is 2. The molecule has 7 nitrogen and oxygen atoms in total. The maximum Gasteiger partial charge on any atom is 0.191 e. The predicted molar refractivity (Wildman–Crippen MR) is 143 cm³/mol. The molecule has 0 aliphatic carbocycles. The SMILES string of the molecule is CCNC(=NCC1(c2ccc(OCC)cc2)CCOCC1)NCCCOCC1CCCO1.I. The number of benzene rings is 1. The van der Waals surface area contributed by atoms with Crippen LogP contribution in [0.5, 0.6) is 5.75 Å². The average molecular weight is 576 g/mol. The lowest BCUT2D eigenvalue weighted by atomic mass is 9.74. The highest BCUT2D eigenvalue weighted by molar-refractivity contribution is 14.0. The summed E-state index contributed by atoms with van der Waals surface area (Å²) in [5, 5.41) is 6.84. The first kappa shape index (κ1) is 28.1. The highest BCUT2D eigenvalue weighted by Crippen LogP contribution is 2.36. The number of hydrogen-bond donors (Lipinski definition) is 2. The quantitative estimate of drug-likeness (QED) is 0.171. The number of aliphatic imine (C=N–C) groups is 1. The van der Waals surface area contributed by atoms with E-state index in [0.717, 1.165) is 89.9 Å². The molecule has 33 heavy (non-hydrogen) atoms. The minimum Gasteiger partial charge on any atom is -0.494 e. The van der Waals surface area contributed by atoms with Crippen molar-refractivity contribution in [2.24, 2.45) is 4.99 Å². The molecule has 2 saturated heterocycles. The van der Waals surface area contributed by atoms with Crippen molar-refractivity contribution in [3.63, 3.8) is 0 Å². The van der Waals surface area contributed by atoms with Crippen molar-refractivity contribution in [3.8, 4) is 5.75 Å². The molecule has 1 atom stereocenters. The number of hydrogen-bond acceptors (Lipinski definition) is 5. The zero-order chi connectivity index (χ0) is 22.5.